The van der Waals surface area contributed by atoms with E-state index in [0.29, 0.717) is 19.1 Å². The zero-order valence-electron chi connectivity index (χ0n) is 20.2. The molecule has 1 N–H and O–H groups in total. The first-order chi connectivity index (χ1) is 16.7. The lowest BCUT2D eigenvalue weighted by molar-refractivity contribution is 0.186. The van der Waals surface area contributed by atoms with E-state index >= 15 is 0 Å². The maximum absolute atomic E-state index is 13.4. The summed E-state index contributed by atoms with van der Waals surface area (Å²) in [6.07, 6.45) is 6.71. The molecule has 0 radical (unpaired) electrons. The van der Waals surface area contributed by atoms with Gasteiger partial charge in [0.15, 0.2) is 0 Å². The van der Waals surface area contributed by atoms with Gasteiger partial charge in [-0.1, -0.05) is 92.1 Å². The second-order valence-electron chi connectivity index (χ2n) is 9.22. The fourth-order valence-electron chi connectivity index (χ4n) is 4.90. The van der Waals surface area contributed by atoms with Crippen LogP contribution in [-0.4, -0.2) is 30.6 Å². The smallest absolute Gasteiger partial charge is 0.317 e. The molecule has 0 aromatic heterocycles. The Bertz CT molecular complexity index is 959. The van der Waals surface area contributed by atoms with Crippen molar-refractivity contribution in [1.82, 2.24) is 10.2 Å². The van der Waals surface area contributed by atoms with Crippen LogP contribution in [0, 0.1) is 0 Å². The lowest BCUT2D eigenvalue weighted by atomic mass is 9.88. The Hall–Kier alpha value is -3.27. The molecule has 178 valence electrons. The first kappa shape index (κ1) is 23.9. The third kappa shape index (κ3) is 6.63. The van der Waals surface area contributed by atoms with E-state index < -0.39 is 0 Å². The normalized spacial score (nSPS) is 14.1. The topological polar surface area (TPSA) is 41.6 Å². The lowest BCUT2D eigenvalue weighted by Gasteiger charge is -2.30. The van der Waals surface area contributed by atoms with E-state index in [1.165, 1.54) is 30.4 Å². The summed E-state index contributed by atoms with van der Waals surface area (Å²) in [5.41, 5.74) is 3.67. The van der Waals surface area contributed by atoms with Gasteiger partial charge in [-0.25, -0.2) is 4.79 Å². The molecule has 1 fully saturated rings. The van der Waals surface area contributed by atoms with E-state index in [2.05, 4.69) is 66.0 Å². The van der Waals surface area contributed by atoms with Crippen LogP contribution in [0.15, 0.2) is 84.9 Å². The third-order valence-electron chi connectivity index (χ3n) is 6.84. The van der Waals surface area contributed by atoms with Crippen LogP contribution < -0.4 is 10.1 Å². The molecular weight excluding hydrogens is 420 g/mol. The number of nitrogens with one attached hydrogen (secondary N) is 1. The van der Waals surface area contributed by atoms with E-state index in [1.54, 1.807) is 7.11 Å². The molecule has 34 heavy (non-hydrogen) atoms. The van der Waals surface area contributed by atoms with Crippen molar-refractivity contribution in [3.05, 3.63) is 102 Å². The molecule has 4 rings (SSSR count). The molecule has 0 atom stereocenters. The summed E-state index contributed by atoms with van der Waals surface area (Å²) in [4.78, 5) is 15.4. The Morgan fingerprint density at radius 3 is 2.03 bits per heavy atom. The fourth-order valence-corrected chi connectivity index (χ4v) is 4.90. The number of methoxy groups -OCH3 is 1. The summed E-state index contributed by atoms with van der Waals surface area (Å²) in [6.45, 7) is 1.26. The van der Waals surface area contributed by atoms with E-state index in [4.69, 9.17) is 4.74 Å². The largest absolute Gasteiger partial charge is 0.497 e. The highest BCUT2D eigenvalue weighted by molar-refractivity contribution is 5.74. The fraction of sp³-hybridized carbons (Fsp3) is 0.367. The molecular formula is C30H36N2O2. The van der Waals surface area contributed by atoms with E-state index in [1.807, 2.05) is 29.2 Å². The summed E-state index contributed by atoms with van der Waals surface area (Å²) in [7, 11) is 1.67. The molecule has 0 unspecified atom stereocenters. The minimum atomic E-state index is 0.0441. The summed E-state index contributed by atoms with van der Waals surface area (Å²) in [6, 6.07) is 29.6. The van der Waals surface area contributed by atoms with Gasteiger partial charge in [0.05, 0.1) is 7.11 Å². The monoisotopic (exact) mass is 456 g/mol. The molecule has 1 aliphatic rings. The molecule has 3 aromatic rings. The van der Waals surface area contributed by atoms with Crippen LogP contribution >= 0.6 is 0 Å². The number of hydrogen-bond donors (Lipinski definition) is 1. The maximum Gasteiger partial charge on any atom is 0.317 e. The van der Waals surface area contributed by atoms with Crippen LogP contribution in [0.1, 0.15) is 61.1 Å². The van der Waals surface area contributed by atoms with Crippen molar-refractivity contribution < 1.29 is 9.53 Å². The minimum Gasteiger partial charge on any atom is -0.497 e. The van der Waals surface area contributed by atoms with Crippen molar-refractivity contribution in [2.24, 2.45) is 0 Å². The van der Waals surface area contributed by atoms with E-state index in [0.717, 1.165) is 30.6 Å². The van der Waals surface area contributed by atoms with Gasteiger partial charge in [-0.05, 0) is 48.1 Å². The summed E-state index contributed by atoms with van der Waals surface area (Å²) in [5.74, 6) is 1.07. The summed E-state index contributed by atoms with van der Waals surface area (Å²) in [5, 5.41) is 3.33. The number of carbonyl (C=O) groups excluding carboxylic acids is 1. The first-order valence-corrected chi connectivity index (χ1v) is 12.5. The second-order valence-corrected chi connectivity index (χ2v) is 9.22. The highest BCUT2D eigenvalue weighted by atomic mass is 16.5. The highest BCUT2D eigenvalue weighted by Gasteiger charge is 2.22. The van der Waals surface area contributed by atoms with Crippen LogP contribution in [-0.2, 0) is 6.54 Å². The van der Waals surface area contributed by atoms with Crippen molar-refractivity contribution in [1.29, 1.82) is 0 Å². The van der Waals surface area contributed by atoms with E-state index in [9.17, 15) is 4.79 Å². The maximum atomic E-state index is 13.4. The summed E-state index contributed by atoms with van der Waals surface area (Å²) < 4.78 is 5.31. The van der Waals surface area contributed by atoms with Crippen molar-refractivity contribution >= 4 is 6.03 Å². The van der Waals surface area contributed by atoms with Gasteiger partial charge in [0, 0.05) is 25.0 Å². The molecule has 3 aromatic carbocycles. The van der Waals surface area contributed by atoms with Crippen molar-refractivity contribution in [2.75, 3.05) is 13.7 Å². The molecule has 4 nitrogen and oxygen atoms in total. The Kier molecular flexibility index (Phi) is 8.61. The average molecular weight is 457 g/mol. The quantitative estimate of drug-likeness (QED) is 0.386. The van der Waals surface area contributed by atoms with Gasteiger partial charge in [-0.2, -0.15) is 0 Å². The minimum absolute atomic E-state index is 0.0441. The number of ether oxygens (including phenoxy) is 1. The average Bonchev–Trinajstić information content (AvgIpc) is 2.90. The molecule has 0 spiro atoms. The Labute approximate surface area is 204 Å². The third-order valence-corrected chi connectivity index (χ3v) is 6.84. The lowest BCUT2D eigenvalue weighted by Crippen LogP contribution is -2.45. The number of benzene rings is 3. The van der Waals surface area contributed by atoms with Gasteiger partial charge in [0.1, 0.15) is 5.75 Å². The Balaban J connectivity index is 1.51. The van der Waals surface area contributed by atoms with Crippen LogP contribution in [0.25, 0.3) is 0 Å². The van der Waals surface area contributed by atoms with Crippen LogP contribution in [0.4, 0.5) is 4.79 Å². The van der Waals surface area contributed by atoms with Gasteiger partial charge in [0.2, 0.25) is 0 Å². The van der Waals surface area contributed by atoms with Crippen LogP contribution in [0.2, 0.25) is 0 Å². The zero-order valence-corrected chi connectivity index (χ0v) is 20.2. The van der Waals surface area contributed by atoms with Gasteiger partial charge in [-0.15, -0.1) is 0 Å². The van der Waals surface area contributed by atoms with Crippen molar-refractivity contribution in [2.45, 2.75) is 57.0 Å². The van der Waals surface area contributed by atoms with Gasteiger partial charge < -0.3 is 15.0 Å². The highest BCUT2D eigenvalue weighted by Crippen LogP contribution is 2.28. The molecule has 2 amide bonds. The molecule has 4 heteroatoms. The molecule has 0 aliphatic heterocycles. The van der Waals surface area contributed by atoms with Gasteiger partial charge >= 0.3 is 6.03 Å². The van der Waals surface area contributed by atoms with E-state index in [-0.39, 0.29) is 11.9 Å². The number of rotatable bonds is 9. The number of amides is 2. The molecule has 0 bridgehead atoms. The predicted molar refractivity (Wildman–Crippen MR) is 138 cm³/mol. The molecule has 1 aliphatic carbocycles. The predicted octanol–water partition coefficient (Wildman–Crippen LogP) is 6.76. The van der Waals surface area contributed by atoms with Crippen molar-refractivity contribution in [3.8, 4) is 5.75 Å². The van der Waals surface area contributed by atoms with Gasteiger partial charge in [0.25, 0.3) is 0 Å². The standard InChI is InChI=1S/C30H36N2O2/c1-34-28-19-17-24(18-20-28)23-32(30(33)31-27-15-9-4-10-16-27)22-21-29(25-11-5-2-6-12-25)26-13-7-3-8-14-26/h2-3,5-8,11-14,17-20,27,29H,4,9-10,15-16,21-23H2,1H3,(H,31,33). The number of carbonyl (C=O) groups is 1. The SMILES string of the molecule is COc1ccc(CN(CCC(c2ccccc2)c2ccccc2)C(=O)NC2CCCCC2)cc1. The Morgan fingerprint density at radius 2 is 1.47 bits per heavy atom. The molecule has 1 saturated carbocycles. The van der Waals surface area contributed by atoms with Gasteiger partial charge in [-0.3, -0.25) is 0 Å². The first-order valence-electron chi connectivity index (χ1n) is 12.5. The molecule has 0 saturated heterocycles. The number of urea groups is 1. The molecule has 0 heterocycles. The zero-order chi connectivity index (χ0) is 23.6. The van der Waals surface area contributed by atoms with Crippen LogP contribution in [0.3, 0.4) is 0 Å². The van der Waals surface area contributed by atoms with Crippen molar-refractivity contribution in [3.63, 3.8) is 0 Å². The Morgan fingerprint density at radius 1 is 0.882 bits per heavy atom. The number of nitrogens with zero attached hydrogens (tertiary/aromatic N) is 1. The van der Waals surface area contributed by atoms with Crippen LogP contribution in [0.5, 0.6) is 5.75 Å². The summed E-state index contributed by atoms with van der Waals surface area (Å²) >= 11 is 0. The number of hydrogen-bond acceptors (Lipinski definition) is 2. The second kappa shape index (κ2) is 12.3.